The molecule has 0 amide bonds. The van der Waals surface area contributed by atoms with E-state index in [2.05, 4.69) is 0 Å². The van der Waals surface area contributed by atoms with Gasteiger partial charge in [-0.3, -0.25) is 0 Å². The number of hydrogen-bond acceptors (Lipinski definition) is 3. The van der Waals surface area contributed by atoms with E-state index in [1.807, 2.05) is 37.3 Å². The molecule has 0 aliphatic carbocycles. The van der Waals surface area contributed by atoms with Crippen LogP contribution in [0.5, 0.6) is 0 Å². The normalized spacial score (nSPS) is 15.3. The zero-order chi connectivity index (χ0) is 13.6. The molecule has 0 aliphatic rings. The van der Waals surface area contributed by atoms with Gasteiger partial charge in [-0.2, -0.15) is 0 Å². The van der Waals surface area contributed by atoms with Crippen LogP contribution in [0.3, 0.4) is 0 Å². The third-order valence-electron chi connectivity index (χ3n) is 3.70. The van der Waals surface area contributed by atoms with Crippen LogP contribution < -0.4 is 0 Å². The summed E-state index contributed by atoms with van der Waals surface area (Å²) in [5.74, 6) is 0.291. The fourth-order valence-electron chi connectivity index (χ4n) is 2.09. The number of aliphatic hydroxyl groups excluding tert-OH is 1. The first-order chi connectivity index (χ1) is 8.49. The maximum absolute atomic E-state index is 11.6. The maximum Gasteiger partial charge on any atom is 0.150 e. The van der Waals surface area contributed by atoms with E-state index in [1.54, 1.807) is 6.92 Å². The van der Waals surface area contributed by atoms with Gasteiger partial charge in [0.2, 0.25) is 0 Å². The Labute approximate surface area is 110 Å². The van der Waals surface area contributed by atoms with E-state index < -0.39 is 15.3 Å². The van der Waals surface area contributed by atoms with Gasteiger partial charge in [-0.1, -0.05) is 44.2 Å². The summed E-state index contributed by atoms with van der Waals surface area (Å²) in [6.45, 7) is 3.62. The molecule has 0 heterocycles. The van der Waals surface area contributed by atoms with E-state index in [0.29, 0.717) is 6.42 Å². The highest BCUT2D eigenvalue weighted by molar-refractivity contribution is 7.91. The molecule has 1 rings (SSSR count). The molecule has 0 aliphatic heterocycles. The molecule has 4 heteroatoms. The summed E-state index contributed by atoms with van der Waals surface area (Å²) in [5, 5.41) is 9.70. The van der Waals surface area contributed by atoms with Crippen molar-refractivity contribution in [2.45, 2.75) is 32.1 Å². The van der Waals surface area contributed by atoms with E-state index in [-0.39, 0.29) is 18.1 Å². The first-order valence-electron chi connectivity index (χ1n) is 6.36. The molecule has 1 N–H and O–H groups in total. The van der Waals surface area contributed by atoms with Crippen molar-refractivity contribution in [3.8, 4) is 0 Å². The lowest BCUT2D eigenvalue weighted by atomic mass is 9.76. The molecule has 0 saturated heterocycles. The van der Waals surface area contributed by atoms with Crippen LogP contribution >= 0.6 is 0 Å². The first kappa shape index (κ1) is 15.2. The van der Waals surface area contributed by atoms with Crippen molar-refractivity contribution in [2.75, 3.05) is 18.1 Å². The van der Waals surface area contributed by atoms with E-state index >= 15 is 0 Å². The Morgan fingerprint density at radius 1 is 1.17 bits per heavy atom. The van der Waals surface area contributed by atoms with Gasteiger partial charge in [-0.15, -0.1) is 0 Å². The summed E-state index contributed by atoms with van der Waals surface area (Å²) in [4.78, 5) is 0. The number of benzene rings is 1. The molecule has 102 valence electrons. The van der Waals surface area contributed by atoms with Crippen molar-refractivity contribution >= 4 is 9.84 Å². The molecule has 3 nitrogen and oxygen atoms in total. The van der Waals surface area contributed by atoms with Crippen molar-refractivity contribution < 1.29 is 13.5 Å². The van der Waals surface area contributed by atoms with Crippen molar-refractivity contribution in [2.24, 2.45) is 0 Å². The van der Waals surface area contributed by atoms with Crippen LogP contribution in [-0.4, -0.2) is 31.6 Å². The van der Waals surface area contributed by atoms with E-state index in [4.69, 9.17) is 0 Å². The third-order valence-corrected chi connectivity index (χ3v) is 5.40. The standard InChI is InChI=1S/C14H22O3S/c1-3-14(12-15,10-11-18(16,17)4-2)13-8-6-5-7-9-13/h5-9,15H,3-4,10-12H2,1-2H3. The van der Waals surface area contributed by atoms with Crippen LogP contribution in [0.25, 0.3) is 0 Å². The highest BCUT2D eigenvalue weighted by Gasteiger charge is 2.30. The Kier molecular flexibility index (Phi) is 5.35. The van der Waals surface area contributed by atoms with Gasteiger partial charge in [0.05, 0.1) is 12.4 Å². The van der Waals surface area contributed by atoms with E-state index in [9.17, 15) is 13.5 Å². The van der Waals surface area contributed by atoms with Crippen LogP contribution in [0, 0.1) is 0 Å². The Morgan fingerprint density at radius 2 is 1.78 bits per heavy atom. The zero-order valence-electron chi connectivity index (χ0n) is 11.1. The SMILES string of the molecule is CCC(CO)(CCS(=O)(=O)CC)c1ccccc1. The number of aliphatic hydroxyl groups is 1. The van der Waals surface area contributed by atoms with Crippen molar-refractivity contribution in [3.05, 3.63) is 35.9 Å². The van der Waals surface area contributed by atoms with Gasteiger partial charge in [0.15, 0.2) is 0 Å². The quantitative estimate of drug-likeness (QED) is 0.826. The van der Waals surface area contributed by atoms with Crippen molar-refractivity contribution in [1.29, 1.82) is 0 Å². The molecule has 0 saturated carbocycles. The number of sulfone groups is 1. The summed E-state index contributed by atoms with van der Waals surface area (Å²) in [6, 6.07) is 9.67. The number of hydrogen-bond donors (Lipinski definition) is 1. The van der Waals surface area contributed by atoms with Crippen molar-refractivity contribution in [1.82, 2.24) is 0 Å². The lowest BCUT2D eigenvalue weighted by Crippen LogP contribution is -2.32. The van der Waals surface area contributed by atoms with Crippen LogP contribution in [0.4, 0.5) is 0 Å². The molecule has 0 aromatic heterocycles. The third kappa shape index (κ3) is 3.56. The minimum atomic E-state index is -2.99. The lowest BCUT2D eigenvalue weighted by molar-refractivity contribution is 0.183. The lowest BCUT2D eigenvalue weighted by Gasteiger charge is -2.31. The minimum absolute atomic E-state index is 0.0211. The average molecular weight is 270 g/mol. The van der Waals surface area contributed by atoms with Gasteiger partial charge >= 0.3 is 0 Å². The average Bonchev–Trinajstić information content (AvgIpc) is 2.42. The Balaban J connectivity index is 2.95. The van der Waals surface area contributed by atoms with E-state index in [0.717, 1.165) is 12.0 Å². The van der Waals surface area contributed by atoms with Gasteiger partial charge in [-0.05, 0) is 18.4 Å². The highest BCUT2D eigenvalue weighted by atomic mass is 32.2. The maximum atomic E-state index is 11.6. The second kappa shape index (κ2) is 6.34. The first-order valence-corrected chi connectivity index (χ1v) is 8.18. The largest absolute Gasteiger partial charge is 0.395 e. The summed E-state index contributed by atoms with van der Waals surface area (Å²) in [5.41, 5.74) is 0.574. The monoisotopic (exact) mass is 270 g/mol. The molecule has 1 aromatic carbocycles. The Morgan fingerprint density at radius 3 is 2.22 bits per heavy atom. The molecule has 0 bridgehead atoms. The minimum Gasteiger partial charge on any atom is -0.395 e. The topological polar surface area (TPSA) is 54.4 Å². The Bertz CT molecular complexity index is 447. The molecular formula is C14H22O3S. The van der Waals surface area contributed by atoms with Gasteiger partial charge in [0, 0.05) is 11.2 Å². The Hall–Kier alpha value is -0.870. The fraction of sp³-hybridized carbons (Fsp3) is 0.571. The second-order valence-corrected chi connectivity index (χ2v) is 7.12. The van der Waals surface area contributed by atoms with E-state index in [1.165, 1.54) is 0 Å². The van der Waals surface area contributed by atoms with Crippen LogP contribution in [-0.2, 0) is 15.3 Å². The van der Waals surface area contributed by atoms with Crippen LogP contribution in [0.1, 0.15) is 32.3 Å². The highest BCUT2D eigenvalue weighted by Crippen LogP contribution is 2.31. The van der Waals surface area contributed by atoms with Crippen LogP contribution in [0.2, 0.25) is 0 Å². The molecule has 1 unspecified atom stereocenters. The summed E-state index contributed by atoms with van der Waals surface area (Å²) in [6.07, 6.45) is 1.20. The van der Waals surface area contributed by atoms with Gasteiger partial charge < -0.3 is 5.11 Å². The fourth-order valence-corrected chi connectivity index (χ4v) is 3.08. The summed E-state index contributed by atoms with van der Waals surface area (Å²) < 4.78 is 23.3. The second-order valence-electron chi connectivity index (χ2n) is 4.64. The molecule has 0 spiro atoms. The zero-order valence-corrected chi connectivity index (χ0v) is 11.9. The molecular weight excluding hydrogens is 248 g/mol. The molecule has 0 fully saturated rings. The molecule has 1 aromatic rings. The van der Waals surface area contributed by atoms with Gasteiger partial charge in [0.25, 0.3) is 0 Å². The predicted molar refractivity (Wildman–Crippen MR) is 74.4 cm³/mol. The van der Waals surface area contributed by atoms with Crippen LogP contribution in [0.15, 0.2) is 30.3 Å². The van der Waals surface area contributed by atoms with Gasteiger partial charge in [0.1, 0.15) is 9.84 Å². The molecule has 0 radical (unpaired) electrons. The van der Waals surface area contributed by atoms with Crippen molar-refractivity contribution in [3.63, 3.8) is 0 Å². The summed E-state index contributed by atoms with van der Waals surface area (Å²) in [7, 11) is -2.99. The predicted octanol–water partition coefficient (Wildman–Crippen LogP) is 2.15. The van der Waals surface area contributed by atoms with Gasteiger partial charge in [-0.25, -0.2) is 8.42 Å². The number of rotatable bonds is 7. The molecule has 18 heavy (non-hydrogen) atoms. The smallest absolute Gasteiger partial charge is 0.150 e. The summed E-state index contributed by atoms with van der Waals surface area (Å²) >= 11 is 0. The molecule has 1 atom stereocenters.